The van der Waals surface area contributed by atoms with E-state index in [1.807, 2.05) is 0 Å². The number of fused-ring (bicyclic) bond motifs is 3. The molecule has 0 saturated heterocycles. The van der Waals surface area contributed by atoms with E-state index in [1.54, 1.807) is 6.07 Å². The van der Waals surface area contributed by atoms with Gasteiger partial charge in [0.05, 0.1) is 5.02 Å². The summed E-state index contributed by atoms with van der Waals surface area (Å²) in [5.41, 5.74) is 1.45. The van der Waals surface area contributed by atoms with E-state index in [0.717, 1.165) is 24.8 Å². The zero-order valence-corrected chi connectivity index (χ0v) is 16.3. The van der Waals surface area contributed by atoms with Gasteiger partial charge in [0.1, 0.15) is 10.5 Å². The van der Waals surface area contributed by atoms with Crippen LogP contribution in [0.2, 0.25) is 10.0 Å². The molecule has 1 heterocycles. The summed E-state index contributed by atoms with van der Waals surface area (Å²) in [5, 5.41) is 1.25. The highest BCUT2D eigenvalue weighted by molar-refractivity contribution is 7.87. The molecule has 27 heavy (non-hydrogen) atoms. The molecule has 0 radical (unpaired) electrons. The third-order valence-electron chi connectivity index (χ3n) is 4.58. The lowest BCUT2D eigenvalue weighted by Crippen LogP contribution is -2.16. The van der Waals surface area contributed by atoms with E-state index in [-0.39, 0.29) is 21.3 Å². The Morgan fingerprint density at radius 3 is 2.33 bits per heavy atom. The highest BCUT2D eigenvalue weighted by Crippen LogP contribution is 2.35. The minimum Gasteiger partial charge on any atom is -0.422 e. The third kappa shape index (κ3) is 3.45. The molecule has 8 heteroatoms. The Labute approximate surface area is 165 Å². The Morgan fingerprint density at radius 1 is 0.963 bits per heavy atom. The second-order valence-electron chi connectivity index (χ2n) is 6.32. The average Bonchev–Trinajstić information content (AvgIpc) is 2.64. The molecule has 140 valence electrons. The van der Waals surface area contributed by atoms with Crippen molar-refractivity contribution >= 4 is 44.3 Å². The molecule has 0 aliphatic heterocycles. The number of benzene rings is 2. The largest absolute Gasteiger partial charge is 0.422 e. The molecule has 5 nitrogen and oxygen atoms in total. The van der Waals surface area contributed by atoms with Gasteiger partial charge in [-0.3, -0.25) is 0 Å². The van der Waals surface area contributed by atoms with E-state index in [2.05, 4.69) is 0 Å². The molecule has 0 amide bonds. The zero-order valence-electron chi connectivity index (χ0n) is 14.0. The molecule has 1 aromatic heterocycles. The molecular formula is C19H14Cl2O5S. The lowest BCUT2D eigenvalue weighted by Gasteiger charge is -2.17. The van der Waals surface area contributed by atoms with Crippen LogP contribution in [0.15, 0.2) is 50.5 Å². The van der Waals surface area contributed by atoms with Crippen LogP contribution in [0.1, 0.15) is 24.0 Å². The number of hydrogen-bond acceptors (Lipinski definition) is 5. The standard InChI is InChI=1S/C19H14Cl2O5S/c20-11-5-7-12(8-6-11)27(23,24)26-18-10-17-15(9-16(18)21)13-3-1-2-4-14(13)19(22)25-17/h5-10H,1-4H2. The van der Waals surface area contributed by atoms with Gasteiger partial charge in [0.15, 0.2) is 5.75 Å². The average molecular weight is 425 g/mol. The minimum absolute atomic E-state index is 0.0602. The Morgan fingerprint density at radius 2 is 1.63 bits per heavy atom. The SMILES string of the molecule is O=c1oc2cc(OS(=O)(=O)c3ccc(Cl)cc3)c(Cl)cc2c2c1CCCC2. The summed E-state index contributed by atoms with van der Waals surface area (Å²) in [4.78, 5) is 12.2. The predicted molar refractivity (Wildman–Crippen MR) is 103 cm³/mol. The van der Waals surface area contributed by atoms with E-state index in [4.69, 9.17) is 31.8 Å². The molecule has 0 bridgehead atoms. The van der Waals surface area contributed by atoms with Crippen LogP contribution in [0.25, 0.3) is 11.0 Å². The van der Waals surface area contributed by atoms with Crippen molar-refractivity contribution in [1.29, 1.82) is 0 Å². The maximum atomic E-state index is 12.5. The summed E-state index contributed by atoms with van der Waals surface area (Å²) in [7, 11) is -4.11. The lowest BCUT2D eigenvalue weighted by molar-refractivity contribution is 0.484. The second kappa shape index (κ2) is 6.86. The van der Waals surface area contributed by atoms with E-state index < -0.39 is 15.7 Å². The van der Waals surface area contributed by atoms with Gasteiger partial charge in [-0.05, 0) is 61.6 Å². The molecule has 4 rings (SSSR count). The Kier molecular flexibility index (Phi) is 4.66. The Balaban J connectivity index is 1.80. The third-order valence-corrected chi connectivity index (χ3v) is 6.37. The van der Waals surface area contributed by atoms with Crippen molar-refractivity contribution < 1.29 is 17.0 Å². The number of halogens is 2. The molecular weight excluding hydrogens is 411 g/mol. The van der Waals surface area contributed by atoms with Crippen LogP contribution in [-0.4, -0.2) is 8.42 Å². The predicted octanol–water partition coefficient (Wildman–Crippen LogP) is 4.75. The highest BCUT2D eigenvalue weighted by Gasteiger charge is 2.22. The molecule has 0 spiro atoms. The van der Waals surface area contributed by atoms with Gasteiger partial charge < -0.3 is 8.60 Å². The van der Waals surface area contributed by atoms with Gasteiger partial charge >= 0.3 is 15.7 Å². The van der Waals surface area contributed by atoms with Crippen LogP contribution < -0.4 is 9.81 Å². The summed E-state index contributed by atoms with van der Waals surface area (Å²) in [5.74, 6) is -0.0990. The summed E-state index contributed by atoms with van der Waals surface area (Å²) >= 11 is 12.1. The monoisotopic (exact) mass is 424 g/mol. The number of rotatable bonds is 3. The van der Waals surface area contributed by atoms with Crippen molar-refractivity contribution in [2.75, 3.05) is 0 Å². The fourth-order valence-corrected chi connectivity index (χ4v) is 4.59. The van der Waals surface area contributed by atoms with Gasteiger partial charge in [-0.25, -0.2) is 4.79 Å². The van der Waals surface area contributed by atoms with E-state index in [9.17, 15) is 13.2 Å². The number of hydrogen-bond donors (Lipinski definition) is 0. The van der Waals surface area contributed by atoms with Gasteiger partial charge in [0.2, 0.25) is 0 Å². The van der Waals surface area contributed by atoms with Crippen molar-refractivity contribution in [1.82, 2.24) is 0 Å². The molecule has 0 N–H and O–H groups in total. The first-order valence-electron chi connectivity index (χ1n) is 8.33. The highest BCUT2D eigenvalue weighted by atomic mass is 35.5. The maximum Gasteiger partial charge on any atom is 0.339 e. The summed E-state index contributed by atoms with van der Waals surface area (Å²) < 4.78 is 35.5. The van der Waals surface area contributed by atoms with E-state index in [1.165, 1.54) is 30.3 Å². The molecule has 2 aromatic carbocycles. The van der Waals surface area contributed by atoms with Crippen LogP contribution in [0.3, 0.4) is 0 Å². The van der Waals surface area contributed by atoms with E-state index >= 15 is 0 Å². The molecule has 0 saturated carbocycles. The summed E-state index contributed by atoms with van der Waals surface area (Å²) in [6, 6.07) is 8.51. The topological polar surface area (TPSA) is 73.6 Å². The van der Waals surface area contributed by atoms with Crippen LogP contribution in [0, 0.1) is 0 Å². The first-order chi connectivity index (χ1) is 12.8. The molecule has 0 unspecified atom stereocenters. The lowest BCUT2D eigenvalue weighted by atomic mass is 9.91. The van der Waals surface area contributed by atoms with Crippen molar-refractivity contribution in [3.05, 3.63) is 68.0 Å². The quantitative estimate of drug-likeness (QED) is 0.448. The second-order valence-corrected chi connectivity index (χ2v) is 8.71. The fraction of sp³-hybridized carbons (Fsp3) is 0.211. The number of aryl methyl sites for hydroxylation is 1. The fourth-order valence-electron chi connectivity index (χ4n) is 3.28. The van der Waals surface area contributed by atoms with Gasteiger partial charge in [0, 0.05) is 22.0 Å². The Bertz CT molecular complexity index is 1200. The van der Waals surface area contributed by atoms with Gasteiger partial charge in [0.25, 0.3) is 0 Å². The van der Waals surface area contributed by atoms with Crippen LogP contribution in [-0.2, 0) is 23.0 Å². The van der Waals surface area contributed by atoms with Crippen LogP contribution in [0.4, 0.5) is 0 Å². The van der Waals surface area contributed by atoms with Gasteiger partial charge in [-0.1, -0.05) is 23.2 Å². The van der Waals surface area contributed by atoms with E-state index in [0.29, 0.717) is 22.4 Å². The van der Waals surface area contributed by atoms with Crippen molar-refractivity contribution in [3.63, 3.8) is 0 Å². The minimum atomic E-state index is -4.11. The van der Waals surface area contributed by atoms with Crippen molar-refractivity contribution in [2.45, 2.75) is 30.6 Å². The Hall–Kier alpha value is -2.02. The van der Waals surface area contributed by atoms with Crippen molar-refractivity contribution in [3.8, 4) is 5.75 Å². The summed E-state index contributed by atoms with van der Waals surface area (Å²) in [6.07, 6.45) is 3.36. The molecule has 0 atom stereocenters. The summed E-state index contributed by atoms with van der Waals surface area (Å²) in [6.45, 7) is 0. The molecule has 3 aromatic rings. The van der Waals surface area contributed by atoms with Gasteiger partial charge in [-0.2, -0.15) is 8.42 Å². The van der Waals surface area contributed by atoms with Gasteiger partial charge in [-0.15, -0.1) is 0 Å². The first kappa shape index (κ1) is 18.3. The maximum absolute atomic E-state index is 12.5. The normalized spacial score (nSPS) is 14.1. The first-order valence-corrected chi connectivity index (χ1v) is 10.5. The molecule has 1 aliphatic carbocycles. The molecule has 0 fully saturated rings. The van der Waals surface area contributed by atoms with Crippen molar-refractivity contribution in [2.24, 2.45) is 0 Å². The molecule has 1 aliphatic rings. The van der Waals surface area contributed by atoms with Crippen LogP contribution in [0.5, 0.6) is 5.75 Å². The van der Waals surface area contributed by atoms with Crippen LogP contribution >= 0.6 is 23.2 Å². The smallest absolute Gasteiger partial charge is 0.339 e. The zero-order chi connectivity index (χ0) is 19.2.